The first-order valence-corrected chi connectivity index (χ1v) is 5.92. The third kappa shape index (κ3) is 13.5. The van der Waals surface area contributed by atoms with Gasteiger partial charge in [-0.2, -0.15) is 0 Å². The Labute approximate surface area is 105 Å². The zero-order valence-corrected chi connectivity index (χ0v) is 11.0. The van der Waals surface area contributed by atoms with E-state index in [4.69, 9.17) is 4.74 Å². The highest BCUT2D eigenvalue weighted by molar-refractivity contribution is 5.81. The SMILES string of the molecule is C=CC(=O)OCC[NH2+]CCCCCCC.[Cl-]. The number of esters is 1. The van der Waals surface area contributed by atoms with E-state index in [1.54, 1.807) is 0 Å². The lowest BCUT2D eigenvalue weighted by Crippen LogP contribution is -3.00. The maximum atomic E-state index is 10.7. The van der Waals surface area contributed by atoms with Crippen LogP contribution in [0.1, 0.15) is 39.0 Å². The van der Waals surface area contributed by atoms with Gasteiger partial charge in [-0.1, -0.05) is 32.8 Å². The van der Waals surface area contributed by atoms with E-state index in [0.717, 1.165) is 13.1 Å². The van der Waals surface area contributed by atoms with E-state index in [1.807, 2.05) is 0 Å². The van der Waals surface area contributed by atoms with Crippen LogP contribution in [0.2, 0.25) is 0 Å². The monoisotopic (exact) mass is 249 g/mol. The quantitative estimate of drug-likeness (QED) is 0.284. The van der Waals surface area contributed by atoms with E-state index in [2.05, 4.69) is 18.8 Å². The molecule has 0 aromatic carbocycles. The first-order valence-electron chi connectivity index (χ1n) is 5.92. The fourth-order valence-electron chi connectivity index (χ4n) is 1.34. The third-order valence-corrected chi connectivity index (χ3v) is 2.24. The Kier molecular flexibility index (Phi) is 16.1. The Morgan fingerprint density at radius 3 is 2.56 bits per heavy atom. The molecule has 0 spiro atoms. The van der Waals surface area contributed by atoms with Crippen LogP contribution in [0.25, 0.3) is 0 Å². The van der Waals surface area contributed by atoms with Gasteiger partial charge < -0.3 is 22.5 Å². The van der Waals surface area contributed by atoms with Crippen molar-refractivity contribution >= 4 is 5.97 Å². The molecule has 96 valence electrons. The van der Waals surface area contributed by atoms with Gasteiger partial charge in [0.25, 0.3) is 0 Å². The molecule has 4 heteroatoms. The van der Waals surface area contributed by atoms with Crippen molar-refractivity contribution < 1.29 is 27.3 Å². The van der Waals surface area contributed by atoms with Crippen LogP contribution < -0.4 is 17.7 Å². The lowest BCUT2D eigenvalue weighted by atomic mass is 10.1. The van der Waals surface area contributed by atoms with E-state index in [0.29, 0.717) is 6.61 Å². The second-order valence-corrected chi connectivity index (χ2v) is 3.65. The minimum absolute atomic E-state index is 0. The molecule has 0 heterocycles. The Morgan fingerprint density at radius 2 is 1.94 bits per heavy atom. The fourth-order valence-corrected chi connectivity index (χ4v) is 1.34. The summed E-state index contributed by atoms with van der Waals surface area (Å²) in [7, 11) is 0. The first kappa shape index (κ1) is 17.8. The molecule has 0 amide bonds. The molecule has 0 aromatic rings. The maximum Gasteiger partial charge on any atom is 0.330 e. The van der Waals surface area contributed by atoms with Crippen molar-refractivity contribution in [2.24, 2.45) is 0 Å². The fraction of sp³-hybridized carbons (Fsp3) is 0.750. The molecular formula is C12H24ClNO2. The van der Waals surface area contributed by atoms with Gasteiger partial charge in [0.15, 0.2) is 0 Å². The summed E-state index contributed by atoms with van der Waals surface area (Å²) in [6, 6.07) is 0. The molecule has 0 bridgehead atoms. The Balaban J connectivity index is 0. The predicted octanol–water partition coefficient (Wildman–Crippen LogP) is -1.75. The van der Waals surface area contributed by atoms with Crippen LogP contribution in [-0.2, 0) is 9.53 Å². The van der Waals surface area contributed by atoms with Gasteiger partial charge in [-0.05, 0) is 12.8 Å². The zero-order valence-electron chi connectivity index (χ0n) is 10.2. The summed E-state index contributed by atoms with van der Waals surface area (Å²) < 4.78 is 4.85. The molecule has 0 atom stereocenters. The molecule has 0 aliphatic rings. The van der Waals surface area contributed by atoms with Gasteiger partial charge in [0.05, 0.1) is 6.54 Å². The van der Waals surface area contributed by atoms with Gasteiger partial charge >= 0.3 is 5.97 Å². The number of halogens is 1. The van der Waals surface area contributed by atoms with E-state index in [9.17, 15) is 4.79 Å². The van der Waals surface area contributed by atoms with Gasteiger partial charge in [-0.3, -0.25) is 0 Å². The standard InChI is InChI=1S/C12H23NO2.ClH/c1-3-5-6-7-8-9-13-10-11-15-12(14)4-2;/h4,13H,2-3,5-11H2,1H3;1H. The molecule has 0 saturated heterocycles. The number of unbranched alkanes of at least 4 members (excludes halogenated alkanes) is 4. The third-order valence-electron chi connectivity index (χ3n) is 2.24. The molecule has 0 aliphatic carbocycles. The number of quaternary nitrogens is 1. The molecule has 2 N–H and O–H groups in total. The molecule has 0 aliphatic heterocycles. The van der Waals surface area contributed by atoms with Crippen LogP contribution in [0, 0.1) is 0 Å². The summed E-state index contributed by atoms with van der Waals surface area (Å²) >= 11 is 0. The van der Waals surface area contributed by atoms with Crippen molar-refractivity contribution in [1.29, 1.82) is 0 Å². The average Bonchev–Trinajstić information content (AvgIpc) is 2.26. The van der Waals surface area contributed by atoms with Gasteiger partial charge in [0.1, 0.15) is 13.2 Å². The van der Waals surface area contributed by atoms with Crippen LogP contribution in [0.5, 0.6) is 0 Å². The average molecular weight is 250 g/mol. The van der Waals surface area contributed by atoms with Crippen molar-refractivity contribution in [3.05, 3.63) is 12.7 Å². The number of nitrogens with two attached hydrogens (primary N) is 1. The smallest absolute Gasteiger partial charge is 0.330 e. The molecule has 0 fully saturated rings. The lowest BCUT2D eigenvalue weighted by molar-refractivity contribution is -0.656. The number of carbonyl (C=O) groups excluding carboxylic acids is 1. The Hall–Kier alpha value is -0.540. The highest BCUT2D eigenvalue weighted by Crippen LogP contribution is 1.99. The molecule has 0 rings (SSSR count). The normalized spacial score (nSPS) is 9.31. The molecule has 16 heavy (non-hydrogen) atoms. The highest BCUT2D eigenvalue weighted by Gasteiger charge is 1.96. The summed E-state index contributed by atoms with van der Waals surface area (Å²) in [5.74, 6) is -0.327. The van der Waals surface area contributed by atoms with Gasteiger partial charge in [-0.25, -0.2) is 4.79 Å². The number of ether oxygens (including phenoxy) is 1. The predicted molar refractivity (Wildman–Crippen MR) is 61.6 cm³/mol. The molecular weight excluding hydrogens is 226 g/mol. The minimum atomic E-state index is -0.327. The first-order chi connectivity index (χ1) is 7.31. The molecule has 0 aromatic heterocycles. The van der Waals surface area contributed by atoms with Crippen LogP contribution in [0.15, 0.2) is 12.7 Å². The summed E-state index contributed by atoms with van der Waals surface area (Å²) in [5, 5.41) is 2.20. The highest BCUT2D eigenvalue weighted by atomic mass is 35.5. The van der Waals surface area contributed by atoms with Gasteiger partial charge in [0.2, 0.25) is 0 Å². The van der Waals surface area contributed by atoms with E-state index < -0.39 is 0 Å². The molecule has 0 radical (unpaired) electrons. The van der Waals surface area contributed by atoms with Gasteiger partial charge in [0, 0.05) is 6.08 Å². The summed E-state index contributed by atoms with van der Waals surface area (Å²) in [5.41, 5.74) is 0. The topological polar surface area (TPSA) is 42.9 Å². The van der Waals surface area contributed by atoms with E-state index in [-0.39, 0.29) is 18.4 Å². The largest absolute Gasteiger partial charge is 1.00 e. The zero-order chi connectivity index (χ0) is 11.4. The molecule has 0 saturated carbocycles. The number of rotatable bonds is 10. The number of hydrogen-bond acceptors (Lipinski definition) is 2. The van der Waals surface area contributed by atoms with Crippen molar-refractivity contribution in [2.45, 2.75) is 39.0 Å². The number of carbonyl (C=O) groups is 1. The van der Waals surface area contributed by atoms with Gasteiger partial charge in [-0.15, -0.1) is 0 Å². The minimum Gasteiger partial charge on any atom is -1.00 e. The van der Waals surface area contributed by atoms with Crippen LogP contribution in [0.4, 0.5) is 0 Å². The molecule has 0 unspecified atom stereocenters. The lowest BCUT2D eigenvalue weighted by Gasteiger charge is -2.02. The Bertz CT molecular complexity index is 174. The molecule has 3 nitrogen and oxygen atoms in total. The van der Waals surface area contributed by atoms with Crippen molar-refractivity contribution in [3.63, 3.8) is 0 Å². The second-order valence-electron chi connectivity index (χ2n) is 3.65. The Morgan fingerprint density at radius 1 is 1.25 bits per heavy atom. The number of hydrogen-bond donors (Lipinski definition) is 1. The van der Waals surface area contributed by atoms with Crippen molar-refractivity contribution in [1.82, 2.24) is 0 Å². The van der Waals surface area contributed by atoms with E-state index in [1.165, 1.54) is 38.2 Å². The summed E-state index contributed by atoms with van der Waals surface area (Å²) in [4.78, 5) is 10.7. The van der Waals surface area contributed by atoms with Crippen LogP contribution in [-0.4, -0.2) is 25.7 Å². The second kappa shape index (κ2) is 14.5. The van der Waals surface area contributed by atoms with Crippen molar-refractivity contribution in [3.8, 4) is 0 Å². The summed E-state index contributed by atoms with van der Waals surface area (Å²) in [6.45, 7) is 8.03. The van der Waals surface area contributed by atoms with Crippen LogP contribution in [0.3, 0.4) is 0 Å². The van der Waals surface area contributed by atoms with Crippen molar-refractivity contribution in [2.75, 3.05) is 19.7 Å². The summed E-state index contributed by atoms with van der Waals surface area (Å²) in [6.07, 6.45) is 7.75. The van der Waals surface area contributed by atoms with E-state index >= 15 is 0 Å². The maximum absolute atomic E-state index is 10.7. The van der Waals surface area contributed by atoms with Crippen LogP contribution >= 0.6 is 0 Å².